The standard InChI is InChI=1S/C28H25FN4O4S2/c1-38-23-11-13-24(14-12-23)39(36,37)33(22-8-4-7-21(29)16-22)19-27(34)32-26-10-3-2-9-25(26)28(35)31-18-20-6-5-15-30-17-20/h2-17H,18-19H2,1H3,(H,31,35)(H,32,34). The number of anilines is 2. The fourth-order valence-electron chi connectivity index (χ4n) is 3.71. The maximum absolute atomic E-state index is 14.1. The lowest BCUT2D eigenvalue weighted by molar-refractivity contribution is -0.114. The fraction of sp³-hybridized carbons (Fsp3) is 0.107. The number of rotatable bonds is 10. The molecule has 0 fully saturated rings. The molecule has 2 N–H and O–H groups in total. The zero-order valence-electron chi connectivity index (χ0n) is 20.9. The second-order valence-electron chi connectivity index (χ2n) is 8.30. The predicted molar refractivity (Wildman–Crippen MR) is 150 cm³/mol. The quantitative estimate of drug-likeness (QED) is 0.270. The van der Waals surface area contributed by atoms with Crippen molar-refractivity contribution in [1.29, 1.82) is 0 Å². The molecular formula is C28H25FN4O4S2. The summed E-state index contributed by atoms with van der Waals surface area (Å²) in [6.45, 7) is -0.419. The molecule has 0 aliphatic rings. The van der Waals surface area contributed by atoms with E-state index in [0.29, 0.717) is 0 Å². The number of hydrogen-bond acceptors (Lipinski definition) is 6. The van der Waals surface area contributed by atoms with Crippen molar-refractivity contribution in [1.82, 2.24) is 10.3 Å². The van der Waals surface area contributed by atoms with Gasteiger partial charge < -0.3 is 10.6 Å². The summed E-state index contributed by atoms with van der Waals surface area (Å²) in [6, 6.07) is 21.1. The summed E-state index contributed by atoms with van der Waals surface area (Å²) < 4.78 is 42.1. The number of carbonyl (C=O) groups is 2. The van der Waals surface area contributed by atoms with E-state index in [1.807, 2.05) is 12.3 Å². The van der Waals surface area contributed by atoms with Gasteiger partial charge in [-0.1, -0.05) is 24.3 Å². The smallest absolute Gasteiger partial charge is 0.264 e. The Hall–Kier alpha value is -4.22. The van der Waals surface area contributed by atoms with E-state index in [1.54, 1.807) is 54.9 Å². The molecule has 0 aliphatic carbocycles. The molecule has 39 heavy (non-hydrogen) atoms. The van der Waals surface area contributed by atoms with Crippen LogP contribution in [0.15, 0.2) is 107 Å². The van der Waals surface area contributed by atoms with E-state index in [9.17, 15) is 22.4 Å². The van der Waals surface area contributed by atoms with Gasteiger partial charge >= 0.3 is 0 Å². The van der Waals surface area contributed by atoms with Crippen molar-refractivity contribution >= 4 is 45.0 Å². The van der Waals surface area contributed by atoms with Crippen molar-refractivity contribution in [3.8, 4) is 0 Å². The second-order valence-corrected chi connectivity index (χ2v) is 11.0. The summed E-state index contributed by atoms with van der Waals surface area (Å²) in [6.07, 6.45) is 5.12. The number of nitrogens with zero attached hydrogens (tertiary/aromatic N) is 2. The van der Waals surface area contributed by atoms with Crippen LogP contribution in [0.5, 0.6) is 0 Å². The number of para-hydroxylation sites is 1. The fourth-order valence-corrected chi connectivity index (χ4v) is 5.53. The highest BCUT2D eigenvalue weighted by Gasteiger charge is 2.28. The van der Waals surface area contributed by atoms with Gasteiger partial charge in [-0.3, -0.25) is 18.9 Å². The average molecular weight is 565 g/mol. The molecule has 1 aromatic heterocycles. The number of sulfonamides is 1. The Bertz CT molecular complexity index is 1570. The highest BCUT2D eigenvalue weighted by Crippen LogP contribution is 2.26. The van der Waals surface area contributed by atoms with Crippen molar-refractivity contribution in [2.45, 2.75) is 16.3 Å². The molecule has 4 rings (SSSR count). The zero-order chi connectivity index (χ0) is 27.8. The first-order chi connectivity index (χ1) is 18.8. The summed E-state index contributed by atoms with van der Waals surface area (Å²) in [5.74, 6) is -1.80. The van der Waals surface area contributed by atoms with Gasteiger partial charge in [0, 0.05) is 23.8 Å². The van der Waals surface area contributed by atoms with Gasteiger partial charge in [0.25, 0.3) is 15.9 Å². The number of amides is 2. The number of carbonyl (C=O) groups excluding carboxylic acids is 2. The van der Waals surface area contributed by atoms with Crippen LogP contribution in [0.3, 0.4) is 0 Å². The SMILES string of the molecule is CSc1ccc(S(=O)(=O)N(CC(=O)Nc2ccccc2C(=O)NCc2cccnc2)c2cccc(F)c2)cc1. The molecule has 1 heterocycles. The third-order valence-corrected chi connectivity index (χ3v) is 8.18. The number of nitrogens with one attached hydrogen (secondary N) is 2. The number of halogens is 1. The lowest BCUT2D eigenvalue weighted by Gasteiger charge is -2.24. The summed E-state index contributed by atoms with van der Waals surface area (Å²) in [5.41, 5.74) is 1.19. The minimum absolute atomic E-state index is 0.0124. The van der Waals surface area contributed by atoms with E-state index in [1.165, 1.54) is 42.1 Å². The Morgan fingerprint density at radius 1 is 0.974 bits per heavy atom. The summed E-state index contributed by atoms with van der Waals surface area (Å²) in [4.78, 5) is 30.9. The molecule has 2 amide bonds. The number of aromatic nitrogens is 1. The second kappa shape index (κ2) is 12.5. The van der Waals surface area contributed by atoms with Gasteiger partial charge in [0.15, 0.2) is 0 Å². The summed E-state index contributed by atoms with van der Waals surface area (Å²) in [7, 11) is -4.24. The number of thioether (sulfide) groups is 1. The molecule has 11 heteroatoms. The maximum atomic E-state index is 14.1. The van der Waals surface area contributed by atoms with Crippen LogP contribution in [0.4, 0.5) is 15.8 Å². The van der Waals surface area contributed by atoms with Crippen LogP contribution in [0.25, 0.3) is 0 Å². The lowest BCUT2D eigenvalue weighted by Crippen LogP contribution is -2.38. The van der Waals surface area contributed by atoms with Crippen LogP contribution in [-0.4, -0.2) is 38.0 Å². The van der Waals surface area contributed by atoms with Crippen molar-refractivity contribution in [2.75, 3.05) is 22.4 Å². The van der Waals surface area contributed by atoms with Crippen LogP contribution in [0.2, 0.25) is 0 Å². The van der Waals surface area contributed by atoms with E-state index >= 15 is 0 Å². The minimum Gasteiger partial charge on any atom is -0.348 e. The highest BCUT2D eigenvalue weighted by molar-refractivity contribution is 7.98. The topological polar surface area (TPSA) is 108 Å². The van der Waals surface area contributed by atoms with Crippen molar-refractivity contribution in [3.63, 3.8) is 0 Å². The molecule has 200 valence electrons. The van der Waals surface area contributed by atoms with Crippen LogP contribution in [0.1, 0.15) is 15.9 Å². The Balaban J connectivity index is 1.57. The highest BCUT2D eigenvalue weighted by atomic mass is 32.2. The molecule has 0 bridgehead atoms. The predicted octanol–water partition coefficient (Wildman–Crippen LogP) is 4.71. The molecule has 0 saturated carbocycles. The van der Waals surface area contributed by atoms with Gasteiger partial charge in [-0.15, -0.1) is 11.8 Å². The summed E-state index contributed by atoms with van der Waals surface area (Å²) >= 11 is 1.45. The molecule has 4 aromatic rings. The Morgan fingerprint density at radius 2 is 1.74 bits per heavy atom. The first-order valence-electron chi connectivity index (χ1n) is 11.8. The van der Waals surface area contributed by atoms with Gasteiger partial charge in [-0.05, 0) is 72.5 Å². The monoisotopic (exact) mass is 564 g/mol. The van der Waals surface area contributed by atoms with Crippen LogP contribution < -0.4 is 14.9 Å². The molecule has 8 nitrogen and oxygen atoms in total. The van der Waals surface area contributed by atoms with Crippen molar-refractivity contribution < 1.29 is 22.4 Å². The first-order valence-corrected chi connectivity index (χ1v) is 14.4. The van der Waals surface area contributed by atoms with E-state index in [4.69, 9.17) is 0 Å². The number of pyridine rings is 1. The van der Waals surface area contributed by atoms with Gasteiger partial charge in [0.1, 0.15) is 12.4 Å². The maximum Gasteiger partial charge on any atom is 0.264 e. The van der Waals surface area contributed by atoms with Crippen molar-refractivity contribution in [2.24, 2.45) is 0 Å². The Morgan fingerprint density at radius 3 is 2.44 bits per heavy atom. The first kappa shape index (κ1) is 27.8. The van der Waals surface area contributed by atoms with Crippen molar-refractivity contribution in [3.05, 3.63) is 114 Å². The van der Waals surface area contributed by atoms with Crippen LogP contribution in [-0.2, 0) is 21.4 Å². The molecule has 0 spiro atoms. The Labute approximate surface area is 230 Å². The average Bonchev–Trinajstić information content (AvgIpc) is 2.95. The normalized spacial score (nSPS) is 11.0. The molecular weight excluding hydrogens is 539 g/mol. The molecule has 0 aliphatic heterocycles. The van der Waals surface area contributed by atoms with E-state index in [0.717, 1.165) is 20.8 Å². The largest absolute Gasteiger partial charge is 0.348 e. The van der Waals surface area contributed by atoms with Gasteiger partial charge in [0.05, 0.1) is 21.8 Å². The van der Waals surface area contributed by atoms with E-state index < -0.39 is 34.2 Å². The Kier molecular flexibility index (Phi) is 8.95. The third-order valence-electron chi connectivity index (χ3n) is 5.65. The van der Waals surface area contributed by atoms with E-state index in [2.05, 4.69) is 15.6 Å². The molecule has 0 saturated heterocycles. The molecule has 0 atom stereocenters. The van der Waals surface area contributed by atoms with E-state index in [-0.39, 0.29) is 28.4 Å². The molecule has 0 unspecified atom stereocenters. The number of benzene rings is 3. The van der Waals surface area contributed by atoms with Gasteiger partial charge in [-0.2, -0.15) is 0 Å². The molecule has 0 radical (unpaired) electrons. The number of hydrogen-bond donors (Lipinski definition) is 2. The lowest BCUT2D eigenvalue weighted by atomic mass is 10.1. The molecule has 3 aromatic carbocycles. The van der Waals surface area contributed by atoms with Crippen LogP contribution >= 0.6 is 11.8 Å². The minimum atomic E-state index is -4.24. The third kappa shape index (κ3) is 7.01. The van der Waals surface area contributed by atoms with Gasteiger partial charge in [-0.25, -0.2) is 12.8 Å². The van der Waals surface area contributed by atoms with Gasteiger partial charge in [0.2, 0.25) is 5.91 Å². The zero-order valence-corrected chi connectivity index (χ0v) is 22.5. The summed E-state index contributed by atoms with van der Waals surface area (Å²) in [5, 5.41) is 5.41. The van der Waals surface area contributed by atoms with Crippen LogP contribution in [0, 0.1) is 5.82 Å².